The lowest BCUT2D eigenvalue weighted by molar-refractivity contribution is -0.135. The van der Waals surface area contributed by atoms with Crippen LogP contribution in [0.3, 0.4) is 0 Å². The number of hydrogen-bond acceptors (Lipinski definition) is 3. The summed E-state index contributed by atoms with van der Waals surface area (Å²) in [6.45, 7) is 1.29. The lowest BCUT2D eigenvalue weighted by Gasteiger charge is -2.13. The Kier molecular flexibility index (Phi) is 4.46. The fraction of sp³-hybridized carbons (Fsp3) is 0.571. The smallest absolute Gasteiger partial charge is 0.364 e. The number of carboxylic acids is 1. The first kappa shape index (κ1) is 11.1. The van der Waals surface area contributed by atoms with Crippen molar-refractivity contribution in [3.8, 4) is 0 Å². The molecule has 0 radical (unpaired) electrons. The average Bonchev–Trinajstić information content (AvgIpc) is 2.05. The van der Waals surface area contributed by atoms with Crippen LogP contribution in [0.15, 0.2) is 11.4 Å². The molecule has 0 saturated carbocycles. The van der Waals surface area contributed by atoms with Gasteiger partial charge in [-0.1, -0.05) is 0 Å². The van der Waals surface area contributed by atoms with Crippen molar-refractivity contribution in [1.29, 1.82) is 0 Å². The van der Waals surface area contributed by atoms with Gasteiger partial charge in [0.15, 0.2) is 6.29 Å². The highest BCUT2D eigenvalue weighted by Crippen LogP contribution is 2.13. The van der Waals surface area contributed by atoms with Crippen molar-refractivity contribution in [3.63, 3.8) is 0 Å². The normalized spacial score (nSPS) is 13.1. The Balaban J connectivity index is 4.62. The molecule has 0 spiro atoms. The molecule has 4 nitrogen and oxygen atoms in total. The van der Waals surface area contributed by atoms with Gasteiger partial charge in [0.2, 0.25) is 5.83 Å². The fourth-order valence-electron chi connectivity index (χ4n) is 0.722. The topological polar surface area (TPSA) is 55.8 Å². The standard InChI is InChI=1S/C7H11FO4/c1-4(5(8)6(9)10)7(11-2)12-3/h7H,1-3H3,(H,9,10)/b5-4+. The molecule has 0 heterocycles. The summed E-state index contributed by atoms with van der Waals surface area (Å²) in [6.07, 6.45) is -0.943. The van der Waals surface area contributed by atoms with Gasteiger partial charge in [-0.25, -0.2) is 4.79 Å². The molecular weight excluding hydrogens is 167 g/mol. The molecule has 70 valence electrons. The maximum absolute atomic E-state index is 12.7. The first-order valence-electron chi connectivity index (χ1n) is 3.19. The van der Waals surface area contributed by atoms with E-state index in [9.17, 15) is 9.18 Å². The van der Waals surface area contributed by atoms with Crippen LogP contribution in [0.2, 0.25) is 0 Å². The van der Waals surface area contributed by atoms with Gasteiger partial charge in [-0.05, 0) is 6.92 Å². The zero-order valence-corrected chi connectivity index (χ0v) is 7.13. The Morgan fingerprint density at radius 2 is 1.83 bits per heavy atom. The van der Waals surface area contributed by atoms with Gasteiger partial charge in [0.05, 0.1) is 0 Å². The number of hydrogen-bond donors (Lipinski definition) is 1. The molecule has 0 unspecified atom stereocenters. The maximum atomic E-state index is 12.7. The summed E-state index contributed by atoms with van der Waals surface area (Å²) in [5, 5.41) is 8.25. The van der Waals surface area contributed by atoms with Crippen molar-refractivity contribution in [2.24, 2.45) is 0 Å². The molecule has 0 rings (SSSR count). The van der Waals surface area contributed by atoms with Gasteiger partial charge in [0.25, 0.3) is 0 Å². The third-order valence-corrected chi connectivity index (χ3v) is 1.32. The van der Waals surface area contributed by atoms with Crippen LogP contribution in [-0.2, 0) is 14.3 Å². The highest BCUT2D eigenvalue weighted by molar-refractivity contribution is 5.84. The van der Waals surface area contributed by atoms with Crippen LogP contribution in [-0.4, -0.2) is 31.6 Å². The Bertz CT molecular complexity index is 196. The summed E-state index contributed by atoms with van der Waals surface area (Å²) in [4.78, 5) is 10.1. The molecule has 0 atom stereocenters. The van der Waals surface area contributed by atoms with E-state index in [0.717, 1.165) is 0 Å². The van der Waals surface area contributed by atoms with Crippen molar-refractivity contribution in [1.82, 2.24) is 0 Å². The molecule has 0 amide bonds. The number of halogens is 1. The Morgan fingerprint density at radius 3 is 2.08 bits per heavy atom. The number of rotatable bonds is 4. The molecule has 1 N–H and O–H groups in total. The molecule has 0 saturated heterocycles. The SMILES string of the molecule is COC(OC)/C(C)=C(/F)C(=O)O. The van der Waals surface area contributed by atoms with Gasteiger partial charge in [0, 0.05) is 19.8 Å². The fourth-order valence-corrected chi connectivity index (χ4v) is 0.722. The van der Waals surface area contributed by atoms with E-state index < -0.39 is 18.1 Å². The largest absolute Gasteiger partial charge is 0.476 e. The van der Waals surface area contributed by atoms with E-state index in [4.69, 9.17) is 5.11 Å². The molecule has 0 aromatic carbocycles. The van der Waals surface area contributed by atoms with Gasteiger partial charge in [-0.3, -0.25) is 0 Å². The summed E-state index contributed by atoms with van der Waals surface area (Å²) in [5.74, 6) is -2.87. The van der Waals surface area contributed by atoms with Gasteiger partial charge >= 0.3 is 5.97 Å². The van der Waals surface area contributed by atoms with E-state index in [1.165, 1.54) is 21.1 Å². The van der Waals surface area contributed by atoms with E-state index in [1.54, 1.807) is 0 Å². The van der Waals surface area contributed by atoms with Crippen LogP contribution >= 0.6 is 0 Å². The number of carbonyl (C=O) groups is 1. The van der Waals surface area contributed by atoms with Gasteiger partial charge < -0.3 is 14.6 Å². The molecule has 12 heavy (non-hydrogen) atoms. The molecule has 0 aliphatic rings. The number of aliphatic carboxylic acids is 1. The summed E-state index contributed by atoms with van der Waals surface area (Å²) >= 11 is 0. The van der Waals surface area contributed by atoms with Crippen LogP contribution in [0.25, 0.3) is 0 Å². The molecule has 0 aromatic rings. The Labute approximate surface area is 69.6 Å². The molecule has 0 aliphatic heterocycles. The molecule has 0 aliphatic carbocycles. The van der Waals surface area contributed by atoms with Crippen LogP contribution in [0.5, 0.6) is 0 Å². The number of methoxy groups -OCH3 is 2. The predicted octanol–water partition coefficient (Wildman–Crippen LogP) is 0.933. The Hall–Kier alpha value is -0.940. The Morgan fingerprint density at radius 1 is 1.42 bits per heavy atom. The molecule has 0 fully saturated rings. The highest BCUT2D eigenvalue weighted by Gasteiger charge is 2.17. The number of ether oxygens (including phenoxy) is 2. The first-order chi connectivity index (χ1) is 5.54. The van der Waals surface area contributed by atoms with Crippen LogP contribution in [0.1, 0.15) is 6.92 Å². The second kappa shape index (κ2) is 4.84. The predicted molar refractivity (Wildman–Crippen MR) is 39.2 cm³/mol. The van der Waals surface area contributed by atoms with E-state index in [1.807, 2.05) is 0 Å². The molecule has 0 aromatic heterocycles. The third kappa shape index (κ3) is 2.60. The van der Waals surface area contributed by atoms with Crippen molar-refractivity contribution >= 4 is 5.97 Å². The molecule has 0 bridgehead atoms. The van der Waals surface area contributed by atoms with Gasteiger partial charge in [0.1, 0.15) is 0 Å². The average molecular weight is 178 g/mol. The summed E-state index contributed by atoms with van der Waals surface area (Å²) in [7, 11) is 2.60. The molecular formula is C7H11FO4. The highest BCUT2D eigenvalue weighted by atomic mass is 19.1. The minimum atomic E-state index is -1.62. The summed E-state index contributed by atoms with van der Waals surface area (Å²) in [6, 6.07) is 0. The monoisotopic (exact) mass is 178 g/mol. The van der Waals surface area contributed by atoms with Crippen molar-refractivity contribution < 1.29 is 23.8 Å². The van der Waals surface area contributed by atoms with Gasteiger partial charge in [-0.2, -0.15) is 4.39 Å². The zero-order chi connectivity index (χ0) is 9.72. The van der Waals surface area contributed by atoms with Crippen LogP contribution in [0.4, 0.5) is 4.39 Å². The summed E-state index contributed by atoms with van der Waals surface area (Å²) in [5.41, 5.74) is -0.0903. The van der Waals surface area contributed by atoms with Crippen LogP contribution in [0, 0.1) is 0 Å². The van der Waals surface area contributed by atoms with Crippen molar-refractivity contribution in [2.45, 2.75) is 13.2 Å². The minimum absolute atomic E-state index is 0.0903. The zero-order valence-electron chi connectivity index (χ0n) is 7.13. The van der Waals surface area contributed by atoms with E-state index in [2.05, 4.69) is 9.47 Å². The summed E-state index contributed by atoms with van der Waals surface area (Å²) < 4.78 is 22.0. The van der Waals surface area contributed by atoms with E-state index >= 15 is 0 Å². The van der Waals surface area contributed by atoms with Crippen molar-refractivity contribution in [2.75, 3.05) is 14.2 Å². The van der Waals surface area contributed by atoms with Gasteiger partial charge in [-0.15, -0.1) is 0 Å². The van der Waals surface area contributed by atoms with Crippen molar-refractivity contribution in [3.05, 3.63) is 11.4 Å². The number of carboxylic acid groups (broad SMARTS) is 1. The molecule has 5 heteroatoms. The minimum Gasteiger partial charge on any atom is -0.476 e. The second-order valence-electron chi connectivity index (χ2n) is 2.11. The first-order valence-corrected chi connectivity index (χ1v) is 3.19. The maximum Gasteiger partial charge on any atom is 0.364 e. The quantitative estimate of drug-likeness (QED) is 0.514. The third-order valence-electron chi connectivity index (χ3n) is 1.32. The lowest BCUT2D eigenvalue weighted by atomic mass is 10.2. The van der Waals surface area contributed by atoms with Crippen LogP contribution < -0.4 is 0 Å². The lowest BCUT2D eigenvalue weighted by Crippen LogP contribution is -2.17. The van der Waals surface area contributed by atoms with E-state index in [0.29, 0.717) is 0 Å². The second-order valence-corrected chi connectivity index (χ2v) is 2.11. The van der Waals surface area contributed by atoms with E-state index in [-0.39, 0.29) is 5.57 Å².